The number of aryl methyl sites for hydroxylation is 3. The molecule has 5 aromatic carbocycles. The van der Waals surface area contributed by atoms with Gasteiger partial charge in [-0.1, -0.05) is 48.5 Å². The second kappa shape index (κ2) is 40.6. The number of amides is 8. The third-order valence-electron chi connectivity index (χ3n) is 14.6. The van der Waals surface area contributed by atoms with E-state index >= 15 is 0 Å². The van der Waals surface area contributed by atoms with Crippen molar-refractivity contribution in [2.24, 2.45) is 5.73 Å². The predicted octanol–water partition coefficient (Wildman–Crippen LogP) is 5.62. The number of rotatable bonds is 27. The smallest absolute Gasteiger partial charge is 0.337 e. The number of carboxylic acids is 1. The van der Waals surface area contributed by atoms with Crippen LogP contribution < -0.4 is 48.3 Å². The van der Waals surface area contributed by atoms with E-state index in [-0.39, 0.29) is 117 Å². The summed E-state index contributed by atoms with van der Waals surface area (Å²) in [5.74, 6) is -7.90. The van der Waals surface area contributed by atoms with E-state index in [9.17, 15) is 77.6 Å². The molecule has 0 fully saturated rings. The molecule has 0 radical (unpaired) electrons. The van der Waals surface area contributed by atoms with Crippen molar-refractivity contribution < 1.29 is 102 Å². The first-order chi connectivity index (χ1) is 49.6. The molecule has 0 aliphatic carbocycles. The number of phenolic OH excluding ortho intramolecular Hbond substituents is 3. The first-order valence-corrected chi connectivity index (χ1v) is 33.5. The van der Waals surface area contributed by atoms with Gasteiger partial charge >= 0.3 is 29.8 Å². The minimum atomic E-state index is -1.25. The largest absolute Gasteiger partial charge is 0.508 e. The average molecular weight is 1520 g/mol. The van der Waals surface area contributed by atoms with E-state index < -0.39 is 89.3 Å². The van der Waals surface area contributed by atoms with E-state index in [0.29, 0.717) is 37.6 Å². The van der Waals surface area contributed by atoms with Gasteiger partial charge in [0.1, 0.15) is 35.4 Å². The van der Waals surface area contributed by atoms with Crippen molar-refractivity contribution in [3.05, 3.63) is 224 Å². The molecule has 0 saturated heterocycles. The second-order valence-corrected chi connectivity index (χ2v) is 25.3. The molecule has 34 heteroatoms. The molecule has 0 saturated carbocycles. The lowest BCUT2D eigenvalue weighted by atomic mass is 10.1. The third kappa shape index (κ3) is 24.9. The summed E-state index contributed by atoms with van der Waals surface area (Å²) in [7, 11) is 4.71. The Morgan fingerprint density at radius 3 is 1.00 bits per heavy atom. The van der Waals surface area contributed by atoms with Crippen LogP contribution in [-0.4, -0.2) is 164 Å². The Kier molecular flexibility index (Phi) is 32.3. The fraction of sp³-hybridized carbons (Fsp3) is 0.225. The van der Waals surface area contributed by atoms with Crippen LogP contribution >= 0.6 is 46.4 Å². The fourth-order valence-electron chi connectivity index (χ4n) is 9.26. The van der Waals surface area contributed by atoms with Gasteiger partial charge in [-0.15, -0.1) is 46.4 Å². The molecule has 0 aliphatic rings. The zero-order valence-electron chi connectivity index (χ0n) is 57.2. The molecule has 3 heterocycles. The molecule has 8 aromatic rings. The minimum Gasteiger partial charge on any atom is -0.508 e. The Morgan fingerprint density at radius 1 is 0.381 bits per heavy atom. The Bertz CT molecular complexity index is 4520. The minimum absolute atomic E-state index is 0. The number of aromatic carboxylic acids is 1. The van der Waals surface area contributed by atoms with Gasteiger partial charge in [-0.2, -0.15) is 0 Å². The molecule has 0 unspecified atom stereocenters. The molecule has 554 valence electrons. The lowest BCUT2D eigenvalue weighted by molar-refractivity contribution is -0.143. The summed E-state index contributed by atoms with van der Waals surface area (Å²) in [5, 5.41) is 58.4. The average Bonchev–Trinajstić information content (AvgIpc) is 1.72. The molecule has 8 rings (SSSR count). The molecule has 3 atom stereocenters. The number of carbonyl (C=O) groups excluding carboxylic acids is 12. The quantitative estimate of drug-likeness (QED) is 0.0219. The Morgan fingerprint density at radius 2 is 0.686 bits per heavy atom. The Labute approximate surface area is 618 Å². The first-order valence-electron chi connectivity index (χ1n) is 31.0. The summed E-state index contributed by atoms with van der Waals surface area (Å²) in [4.78, 5) is 162. The number of hydrogen-bond acceptors (Lipinski definition) is 24. The van der Waals surface area contributed by atoms with Crippen LogP contribution in [0.1, 0.15) is 133 Å². The van der Waals surface area contributed by atoms with Gasteiger partial charge in [-0.25, -0.2) is 24.0 Å². The molecule has 0 bridgehead atoms. The van der Waals surface area contributed by atoms with Gasteiger partial charge in [0.25, 0.3) is 47.3 Å². The number of ether oxygens (including phenoxy) is 4. The van der Waals surface area contributed by atoms with Crippen molar-refractivity contribution in [1.82, 2.24) is 42.5 Å². The Hall–Kier alpha value is -12.0. The van der Waals surface area contributed by atoms with Crippen molar-refractivity contribution in [3.8, 4) is 17.2 Å². The highest BCUT2D eigenvalue weighted by Crippen LogP contribution is 2.26. The number of thiophene rings is 3. The van der Waals surface area contributed by atoms with Crippen molar-refractivity contribution in [1.29, 1.82) is 0 Å². The van der Waals surface area contributed by atoms with Crippen molar-refractivity contribution in [2.45, 2.75) is 58.5 Å². The van der Waals surface area contributed by atoms with Crippen LogP contribution in [0.4, 0.5) is 0 Å². The molecule has 14 N–H and O–H groups in total. The lowest BCUT2D eigenvalue weighted by Crippen LogP contribution is -2.49. The van der Waals surface area contributed by atoms with Crippen LogP contribution in [0.2, 0.25) is 0 Å². The maximum absolute atomic E-state index is 13.0. The zero-order valence-corrected chi connectivity index (χ0v) is 60.5. The molecule has 0 spiro atoms. The maximum Gasteiger partial charge on any atom is 0.337 e. The summed E-state index contributed by atoms with van der Waals surface area (Å²) >= 11 is 2.90. The van der Waals surface area contributed by atoms with Crippen LogP contribution in [-0.2, 0) is 53.0 Å². The highest BCUT2D eigenvalue weighted by Gasteiger charge is 2.29. The van der Waals surface area contributed by atoms with Crippen molar-refractivity contribution in [2.75, 3.05) is 48.1 Å². The number of aromatic hydroxyl groups is 3. The molecular formula is C71H74ClN9O21S3. The topological polar surface area (TPSA) is 462 Å². The van der Waals surface area contributed by atoms with Gasteiger partial charge in [0.15, 0.2) is 0 Å². The second-order valence-electron chi connectivity index (χ2n) is 22.2. The van der Waals surface area contributed by atoms with E-state index in [1.807, 2.05) is 0 Å². The van der Waals surface area contributed by atoms with Crippen molar-refractivity contribution in [3.63, 3.8) is 0 Å². The van der Waals surface area contributed by atoms with Crippen molar-refractivity contribution >= 4 is 124 Å². The molecular weight excluding hydrogens is 1450 g/mol. The number of nitrogens with two attached hydrogens (primary N) is 1. The van der Waals surface area contributed by atoms with E-state index in [2.05, 4.69) is 52.0 Å². The number of benzene rings is 5. The van der Waals surface area contributed by atoms with Crippen LogP contribution in [0.15, 0.2) is 140 Å². The summed E-state index contributed by atoms with van der Waals surface area (Å²) in [5.41, 5.74) is 9.59. The van der Waals surface area contributed by atoms with E-state index in [1.54, 1.807) is 87.5 Å². The van der Waals surface area contributed by atoms with Gasteiger partial charge in [-0.05, 0) is 145 Å². The molecule has 3 aromatic heterocycles. The first kappa shape index (κ1) is 83.6. The monoisotopic (exact) mass is 1520 g/mol. The zero-order chi connectivity index (χ0) is 76.3. The number of esters is 4. The van der Waals surface area contributed by atoms with E-state index in [0.717, 1.165) is 53.8 Å². The molecule has 30 nitrogen and oxygen atoms in total. The summed E-state index contributed by atoms with van der Waals surface area (Å²) in [6, 6.07) is 31.9. The number of phenols is 3. The number of carboxylic acid groups (broad SMARTS) is 1. The highest BCUT2D eigenvalue weighted by atomic mass is 35.5. The number of carbonyl (C=O) groups is 13. The van der Waals surface area contributed by atoms with Gasteiger partial charge in [-0.3, -0.25) is 38.4 Å². The number of hydrogen-bond donors (Lipinski definition) is 13. The number of nitrogens with one attached hydrogen (secondary N) is 8. The standard InChI is InChI=1S/C27H27N3O8S.C26H25N3O8S.C18H21N3O5S.ClH/c1-15-10-21(24(33)28-13-16-6-4-9-19(31)11-16)39-22(15)25(34)30-20(27(36)38-3)14-29-23(32)17-7-5-8-18(12-17)26(35)37-2;1-14-9-20(23(32)27-12-15-5-3-8-18(30)10-15)38-21(14)24(33)29-19(26(36)37-2)13-28-22(31)16-6-4-7-17(11-16)25(34)35;1-10-6-14(16(23)20-9-11-4-3-5-12(22)7-11)27-15(10)17(24)21-13(8-19)18(25)26-2;/h4-12,20,31H,13-14H2,1-3H3,(H,28,33)(H,29,32)(H,30,34);3-11,19,30H,12-13H2,1-2H3,(H,27,32)(H,28,31)(H,29,33)(H,34,35);3-7,13,22H,8-9,19H2,1-2H3,(H,20,23)(H,21,24);1H/t20-;19-;13-;/m000./s1. The lowest BCUT2D eigenvalue weighted by Gasteiger charge is -2.17. The van der Waals surface area contributed by atoms with E-state index in [4.69, 9.17) is 20.3 Å². The molecule has 105 heavy (non-hydrogen) atoms. The number of methoxy groups -OCH3 is 4. The predicted molar refractivity (Wildman–Crippen MR) is 387 cm³/mol. The SMILES string of the molecule is COC(=O)[C@H](CN)NC(=O)c1sc(C(=O)NCc2cccc(O)c2)cc1C.COC(=O)[C@H](CNC(=O)c1cccc(C(=O)O)c1)NC(=O)c1sc(C(=O)NCc2cccc(O)c2)cc1C.COC(=O)c1cccc(C(=O)NC[C@H](NC(=O)c2sc(C(=O)NCc3cccc(O)c3)cc2C)C(=O)OC)c1.Cl. The highest BCUT2D eigenvalue weighted by molar-refractivity contribution is 7.17. The van der Waals surface area contributed by atoms with Crippen LogP contribution in [0, 0.1) is 20.8 Å². The Balaban J connectivity index is 0.000000287. The van der Waals surface area contributed by atoms with Crippen LogP contribution in [0.3, 0.4) is 0 Å². The third-order valence-corrected chi connectivity index (χ3v) is 18.3. The van der Waals surface area contributed by atoms with Crippen LogP contribution in [0.25, 0.3) is 0 Å². The normalized spacial score (nSPS) is 11.2. The van der Waals surface area contributed by atoms with Gasteiger partial charge in [0, 0.05) is 50.4 Å². The number of halogens is 1. The van der Waals surface area contributed by atoms with Gasteiger partial charge in [0.2, 0.25) is 0 Å². The van der Waals surface area contributed by atoms with Gasteiger partial charge in [0.05, 0.1) is 68.8 Å². The van der Waals surface area contributed by atoms with Crippen LogP contribution in [0.5, 0.6) is 17.2 Å². The summed E-state index contributed by atoms with van der Waals surface area (Å²) in [6.07, 6.45) is 0. The van der Waals surface area contributed by atoms with E-state index in [1.165, 1.54) is 87.0 Å². The summed E-state index contributed by atoms with van der Waals surface area (Å²) in [6.45, 7) is 4.88. The molecule has 0 aliphatic heterocycles. The van der Waals surface area contributed by atoms with Gasteiger partial charge < -0.3 is 87.6 Å². The summed E-state index contributed by atoms with van der Waals surface area (Å²) < 4.78 is 18.7. The maximum atomic E-state index is 13.0. The fourth-order valence-corrected chi connectivity index (χ4v) is 12.2. The molecule has 8 amide bonds.